The highest BCUT2D eigenvalue weighted by Gasteiger charge is 2.34. The summed E-state index contributed by atoms with van der Waals surface area (Å²) >= 11 is 12.1. The zero-order valence-corrected chi connectivity index (χ0v) is 21.0. The summed E-state index contributed by atoms with van der Waals surface area (Å²) in [5, 5.41) is 3.11. The van der Waals surface area contributed by atoms with Gasteiger partial charge >= 0.3 is 5.97 Å². The fourth-order valence-corrected chi connectivity index (χ4v) is 5.87. The number of nitrogens with zero attached hydrogens (tertiary/aromatic N) is 1. The first-order chi connectivity index (χ1) is 16.6. The number of halogens is 2. The van der Waals surface area contributed by atoms with Crippen molar-refractivity contribution < 1.29 is 27.5 Å². The van der Waals surface area contributed by atoms with Gasteiger partial charge in [-0.1, -0.05) is 29.3 Å². The Kier molecular flexibility index (Phi) is 6.93. The van der Waals surface area contributed by atoms with Crippen LogP contribution in [0.4, 0.5) is 11.4 Å². The summed E-state index contributed by atoms with van der Waals surface area (Å²) in [6.07, 6.45) is 0.421. The van der Waals surface area contributed by atoms with Crippen LogP contribution in [0.5, 0.6) is 5.75 Å². The summed E-state index contributed by atoms with van der Waals surface area (Å²) in [4.78, 5) is 24.8. The molecular weight excluding hydrogens is 515 g/mol. The number of hydrogen-bond acceptors (Lipinski definition) is 6. The van der Waals surface area contributed by atoms with Crippen molar-refractivity contribution in [3.8, 4) is 5.75 Å². The molecule has 1 amide bonds. The largest absolute Gasteiger partial charge is 0.496 e. The quantitative estimate of drug-likeness (QED) is 0.456. The lowest BCUT2D eigenvalue weighted by Gasteiger charge is -2.21. The Bertz CT molecular complexity index is 1440. The maximum absolute atomic E-state index is 13.3. The monoisotopic (exact) mass is 534 g/mol. The molecule has 1 aliphatic heterocycles. The van der Waals surface area contributed by atoms with Crippen molar-refractivity contribution >= 4 is 56.5 Å². The number of anilines is 2. The van der Waals surface area contributed by atoms with E-state index in [1.54, 1.807) is 18.2 Å². The predicted molar refractivity (Wildman–Crippen MR) is 133 cm³/mol. The van der Waals surface area contributed by atoms with E-state index in [9.17, 15) is 18.0 Å². The molecule has 1 heterocycles. The molecule has 8 nitrogen and oxygen atoms in total. The second-order valence-corrected chi connectivity index (χ2v) is 10.3. The van der Waals surface area contributed by atoms with Crippen LogP contribution < -0.4 is 14.4 Å². The molecule has 1 aliphatic rings. The van der Waals surface area contributed by atoms with E-state index in [1.165, 1.54) is 54.9 Å². The van der Waals surface area contributed by atoms with Gasteiger partial charge in [-0.2, -0.15) is 0 Å². The van der Waals surface area contributed by atoms with Crippen LogP contribution in [-0.2, 0) is 21.2 Å². The van der Waals surface area contributed by atoms with Gasteiger partial charge < -0.3 is 14.8 Å². The minimum absolute atomic E-state index is 0.0482. The molecule has 0 bridgehead atoms. The number of ether oxygens (including phenoxy) is 2. The second kappa shape index (κ2) is 9.77. The highest BCUT2D eigenvalue weighted by Crippen LogP contribution is 2.40. The molecular formula is C24H20Cl2N2O6S. The molecule has 0 atom stereocenters. The number of rotatable bonds is 6. The SMILES string of the molecule is COC(=O)c1ccc(NC(=O)c2cc(OC)c3c(c2)N(S(=O)(=O)c2cccc(Cl)c2)CC3)cc1Cl. The number of nitrogens with one attached hydrogen (secondary N) is 1. The lowest BCUT2D eigenvalue weighted by molar-refractivity contribution is 0.0601. The number of amides is 1. The topological polar surface area (TPSA) is 102 Å². The van der Waals surface area contributed by atoms with Gasteiger partial charge in [0.1, 0.15) is 5.75 Å². The molecule has 1 N–H and O–H groups in total. The fourth-order valence-electron chi connectivity index (χ4n) is 3.83. The van der Waals surface area contributed by atoms with Crippen LogP contribution in [0.1, 0.15) is 26.3 Å². The normalized spacial score (nSPS) is 12.7. The number of fused-ring (bicyclic) bond motifs is 1. The van der Waals surface area contributed by atoms with Gasteiger partial charge in [0.05, 0.1) is 35.4 Å². The van der Waals surface area contributed by atoms with E-state index in [0.717, 1.165) is 0 Å². The Hall–Kier alpha value is -3.27. The Balaban J connectivity index is 1.68. The van der Waals surface area contributed by atoms with Crippen molar-refractivity contribution in [1.82, 2.24) is 0 Å². The van der Waals surface area contributed by atoms with Gasteiger partial charge in [0, 0.05) is 28.4 Å². The molecule has 0 saturated carbocycles. The Labute approximate surface area is 212 Å². The molecule has 0 aromatic heterocycles. The highest BCUT2D eigenvalue weighted by molar-refractivity contribution is 7.92. The third-order valence-corrected chi connectivity index (χ3v) is 7.87. The minimum atomic E-state index is -3.92. The van der Waals surface area contributed by atoms with E-state index in [0.29, 0.717) is 34.1 Å². The number of carbonyl (C=O) groups excluding carboxylic acids is 2. The van der Waals surface area contributed by atoms with E-state index in [4.69, 9.17) is 27.9 Å². The second-order valence-electron chi connectivity index (χ2n) is 7.60. The van der Waals surface area contributed by atoms with Gasteiger partial charge in [-0.25, -0.2) is 13.2 Å². The maximum atomic E-state index is 13.3. The van der Waals surface area contributed by atoms with Crippen LogP contribution in [0.3, 0.4) is 0 Å². The van der Waals surface area contributed by atoms with Gasteiger partial charge in [0.15, 0.2) is 0 Å². The molecule has 0 unspecified atom stereocenters. The van der Waals surface area contributed by atoms with Crippen molar-refractivity contribution in [2.75, 3.05) is 30.4 Å². The van der Waals surface area contributed by atoms with Crippen LogP contribution >= 0.6 is 23.2 Å². The molecule has 4 rings (SSSR count). The molecule has 0 spiro atoms. The fraction of sp³-hybridized carbons (Fsp3) is 0.167. The van der Waals surface area contributed by atoms with Gasteiger partial charge in [0.2, 0.25) is 0 Å². The van der Waals surface area contributed by atoms with E-state index < -0.39 is 21.9 Å². The van der Waals surface area contributed by atoms with Crippen LogP contribution in [0.2, 0.25) is 10.0 Å². The first-order valence-electron chi connectivity index (χ1n) is 10.3. The van der Waals surface area contributed by atoms with Gasteiger partial charge in [0.25, 0.3) is 15.9 Å². The van der Waals surface area contributed by atoms with Crippen LogP contribution in [0.25, 0.3) is 0 Å². The summed E-state index contributed by atoms with van der Waals surface area (Å²) in [6, 6.07) is 13.4. The molecule has 3 aromatic rings. The zero-order chi connectivity index (χ0) is 25.3. The van der Waals surface area contributed by atoms with E-state index in [-0.39, 0.29) is 27.6 Å². The zero-order valence-electron chi connectivity index (χ0n) is 18.7. The summed E-state index contributed by atoms with van der Waals surface area (Å²) in [6.45, 7) is 0.191. The number of esters is 1. The number of sulfonamides is 1. The van der Waals surface area contributed by atoms with Crippen molar-refractivity contribution in [1.29, 1.82) is 0 Å². The molecule has 0 saturated heterocycles. The van der Waals surface area contributed by atoms with E-state index in [2.05, 4.69) is 10.1 Å². The van der Waals surface area contributed by atoms with Crippen molar-refractivity contribution in [3.63, 3.8) is 0 Å². The summed E-state index contributed by atoms with van der Waals surface area (Å²) < 4.78 is 38.1. The third-order valence-electron chi connectivity index (χ3n) is 5.52. The van der Waals surface area contributed by atoms with Gasteiger partial charge in [-0.15, -0.1) is 0 Å². The molecule has 0 fully saturated rings. The molecule has 0 aliphatic carbocycles. The van der Waals surface area contributed by atoms with Crippen molar-refractivity contribution in [2.24, 2.45) is 0 Å². The minimum Gasteiger partial charge on any atom is -0.496 e. The number of carbonyl (C=O) groups is 2. The van der Waals surface area contributed by atoms with Crippen LogP contribution in [0, 0.1) is 0 Å². The van der Waals surface area contributed by atoms with Crippen LogP contribution in [0.15, 0.2) is 59.5 Å². The summed E-state index contributed by atoms with van der Waals surface area (Å²) in [5.41, 5.74) is 1.72. The first-order valence-corrected chi connectivity index (χ1v) is 12.5. The number of methoxy groups -OCH3 is 2. The Morgan fingerprint density at radius 1 is 1.03 bits per heavy atom. The summed E-state index contributed by atoms with van der Waals surface area (Å²) in [5.74, 6) is -0.715. The number of hydrogen-bond donors (Lipinski definition) is 1. The molecule has 182 valence electrons. The third kappa shape index (κ3) is 4.80. The average Bonchev–Trinajstić information content (AvgIpc) is 3.28. The van der Waals surface area contributed by atoms with Crippen LogP contribution in [-0.4, -0.2) is 41.1 Å². The number of benzene rings is 3. The standard InChI is InChI=1S/C24H20Cl2N2O6S/c1-33-22-11-14(23(29)27-16-6-7-18(20(26)13-16)24(30)34-2)10-21-19(22)8-9-28(21)35(31,32)17-5-3-4-15(25)12-17/h3-7,10-13H,8-9H2,1-2H3,(H,27,29). The highest BCUT2D eigenvalue weighted by atomic mass is 35.5. The Morgan fingerprint density at radius 3 is 2.46 bits per heavy atom. The van der Waals surface area contributed by atoms with E-state index >= 15 is 0 Å². The first kappa shape index (κ1) is 24.8. The van der Waals surface area contributed by atoms with Gasteiger partial charge in [-0.05, 0) is 55.0 Å². The molecule has 0 radical (unpaired) electrons. The maximum Gasteiger partial charge on any atom is 0.339 e. The van der Waals surface area contributed by atoms with Crippen molar-refractivity contribution in [2.45, 2.75) is 11.3 Å². The predicted octanol–water partition coefficient (Wildman–Crippen LogP) is 4.79. The lowest BCUT2D eigenvalue weighted by atomic mass is 10.1. The van der Waals surface area contributed by atoms with Gasteiger partial charge in [-0.3, -0.25) is 9.10 Å². The van der Waals surface area contributed by atoms with E-state index in [1.807, 2.05) is 0 Å². The average molecular weight is 535 g/mol. The molecule has 11 heteroatoms. The molecule has 3 aromatic carbocycles. The summed E-state index contributed by atoms with van der Waals surface area (Å²) in [7, 11) is -1.23. The smallest absolute Gasteiger partial charge is 0.339 e. The van der Waals surface area contributed by atoms with Crippen molar-refractivity contribution in [3.05, 3.63) is 81.3 Å². The Morgan fingerprint density at radius 2 is 1.80 bits per heavy atom. The lowest BCUT2D eigenvalue weighted by Crippen LogP contribution is -2.29. The molecule has 35 heavy (non-hydrogen) atoms.